The van der Waals surface area contributed by atoms with Gasteiger partial charge in [-0.15, -0.1) is 0 Å². The fraction of sp³-hybridized carbons (Fsp3) is 0.273. The van der Waals surface area contributed by atoms with E-state index in [1.165, 1.54) is 24.3 Å². The predicted octanol–water partition coefficient (Wildman–Crippen LogP) is 3.79. The van der Waals surface area contributed by atoms with Gasteiger partial charge in [-0.05, 0) is 24.3 Å². The van der Waals surface area contributed by atoms with E-state index in [-0.39, 0.29) is 18.0 Å². The van der Waals surface area contributed by atoms with Crippen LogP contribution >= 0.6 is 0 Å². The highest BCUT2D eigenvalue weighted by Crippen LogP contribution is 2.34. The number of nitrogens with one attached hydrogen (secondary N) is 1. The average molecular weight is 447 g/mol. The van der Waals surface area contributed by atoms with Gasteiger partial charge in [-0.2, -0.15) is 13.2 Å². The smallest absolute Gasteiger partial charge is 0.339 e. The number of piperazine rings is 1. The Balaban J connectivity index is 1.36. The van der Waals surface area contributed by atoms with Gasteiger partial charge in [0.1, 0.15) is 5.82 Å². The predicted molar refractivity (Wildman–Crippen MR) is 112 cm³/mol. The molecule has 2 aromatic carbocycles. The molecule has 0 radical (unpaired) electrons. The van der Waals surface area contributed by atoms with Crippen molar-refractivity contribution in [2.75, 3.05) is 42.9 Å². The number of halogens is 4. The lowest BCUT2D eigenvalue weighted by molar-refractivity contribution is -0.137. The molecule has 168 valence electrons. The summed E-state index contributed by atoms with van der Waals surface area (Å²) in [6, 6.07) is 11.3. The van der Waals surface area contributed by atoms with Gasteiger partial charge in [0, 0.05) is 38.6 Å². The topological polar surface area (TPSA) is 53.4 Å². The van der Waals surface area contributed by atoms with Crippen molar-refractivity contribution in [3.05, 3.63) is 72.3 Å². The van der Waals surface area contributed by atoms with Gasteiger partial charge in [-0.1, -0.05) is 24.3 Å². The zero-order valence-electron chi connectivity index (χ0n) is 17.0. The van der Waals surface area contributed by atoms with Crippen LogP contribution in [0.25, 0.3) is 5.69 Å². The van der Waals surface area contributed by atoms with Crippen molar-refractivity contribution < 1.29 is 22.4 Å². The minimum Gasteiger partial charge on any atom is -0.339 e. The first-order chi connectivity index (χ1) is 15.3. The van der Waals surface area contributed by atoms with E-state index in [0.717, 1.165) is 6.07 Å². The molecule has 1 saturated heterocycles. The summed E-state index contributed by atoms with van der Waals surface area (Å²) in [5.41, 5.74) is -0.737. The van der Waals surface area contributed by atoms with Crippen LogP contribution in [0, 0.1) is 5.82 Å². The molecule has 0 atom stereocenters. The van der Waals surface area contributed by atoms with Crippen LogP contribution in [0.15, 0.2) is 60.9 Å². The maximum absolute atomic E-state index is 14.2. The number of aromatic nitrogens is 2. The minimum absolute atomic E-state index is 0.0260. The zero-order chi connectivity index (χ0) is 22.7. The zero-order valence-corrected chi connectivity index (χ0v) is 17.0. The second-order valence-electron chi connectivity index (χ2n) is 7.40. The van der Waals surface area contributed by atoms with E-state index < -0.39 is 17.6 Å². The Morgan fingerprint density at radius 2 is 1.69 bits per heavy atom. The third-order valence-corrected chi connectivity index (χ3v) is 5.26. The highest BCUT2D eigenvalue weighted by molar-refractivity contribution is 5.93. The Labute approximate surface area is 182 Å². The Hall–Kier alpha value is -3.40. The van der Waals surface area contributed by atoms with E-state index in [1.54, 1.807) is 35.2 Å². The number of alkyl halides is 3. The largest absolute Gasteiger partial charge is 0.418 e. The molecule has 3 aromatic rings. The summed E-state index contributed by atoms with van der Waals surface area (Å²) in [6.45, 7) is 2.08. The van der Waals surface area contributed by atoms with Gasteiger partial charge in [0.05, 0.1) is 23.5 Å². The summed E-state index contributed by atoms with van der Waals surface area (Å²) in [5.74, 6) is -0.275. The molecule has 0 spiro atoms. The van der Waals surface area contributed by atoms with E-state index >= 15 is 0 Å². The van der Waals surface area contributed by atoms with Crippen molar-refractivity contribution in [1.29, 1.82) is 0 Å². The summed E-state index contributed by atoms with van der Waals surface area (Å²) < 4.78 is 55.2. The van der Waals surface area contributed by atoms with Crippen molar-refractivity contribution >= 4 is 17.5 Å². The third-order valence-electron chi connectivity index (χ3n) is 5.26. The third kappa shape index (κ3) is 4.75. The molecular weight excluding hydrogens is 426 g/mol. The first-order valence-electron chi connectivity index (χ1n) is 10.0. The number of amides is 1. The summed E-state index contributed by atoms with van der Waals surface area (Å²) in [4.78, 5) is 20.5. The van der Waals surface area contributed by atoms with E-state index in [9.17, 15) is 22.4 Å². The second-order valence-corrected chi connectivity index (χ2v) is 7.40. The SMILES string of the molecule is O=C(CN1CCN(c2nccn2-c2ccccc2F)CC1)Nc1ccccc1C(F)(F)F. The number of imidazole rings is 1. The van der Waals surface area contributed by atoms with Crippen LogP contribution in [0.1, 0.15) is 5.56 Å². The van der Waals surface area contributed by atoms with Gasteiger partial charge < -0.3 is 10.2 Å². The van der Waals surface area contributed by atoms with Crippen LogP contribution in [-0.2, 0) is 11.0 Å². The molecule has 0 bridgehead atoms. The molecule has 0 aliphatic carbocycles. The van der Waals surface area contributed by atoms with E-state index in [1.807, 2.05) is 9.80 Å². The molecular formula is C22H21F4N5O. The number of carbonyl (C=O) groups excluding carboxylic acids is 1. The lowest BCUT2D eigenvalue weighted by Crippen LogP contribution is -2.49. The molecule has 1 aromatic heterocycles. The highest BCUT2D eigenvalue weighted by Gasteiger charge is 2.33. The fourth-order valence-corrected chi connectivity index (χ4v) is 3.70. The number of para-hydroxylation sites is 2. The Morgan fingerprint density at radius 3 is 2.41 bits per heavy atom. The number of anilines is 2. The van der Waals surface area contributed by atoms with E-state index in [4.69, 9.17) is 0 Å². The van der Waals surface area contributed by atoms with Crippen LogP contribution < -0.4 is 10.2 Å². The molecule has 2 heterocycles. The first-order valence-corrected chi connectivity index (χ1v) is 10.0. The van der Waals surface area contributed by atoms with Crippen LogP contribution in [-0.4, -0.2) is 53.1 Å². The number of benzene rings is 2. The quantitative estimate of drug-likeness (QED) is 0.605. The molecule has 10 heteroatoms. The normalized spacial score (nSPS) is 15.1. The number of rotatable bonds is 5. The number of hydrogen-bond donors (Lipinski definition) is 1. The lowest BCUT2D eigenvalue weighted by atomic mass is 10.1. The molecule has 1 aliphatic rings. The van der Waals surface area contributed by atoms with Crippen molar-refractivity contribution in [2.24, 2.45) is 0 Å². The lowest BCUT2D eigenvalue weighted by Gasteiger charge is -2.35. The fourth-order valence-electron chi connectivity index (χ4n) is 3.70. The molecule has 32 heavy (non-hydrogen) atoms. The minimum atomic E-state index is -4.55. The van der Waals surface area contributed by atoms with Gasteiger partial charge in [-0.3, -0.25) is 14.3 Å². The molecule has 1 fully saturated rings. The summed E-state index contributed by atoms with van der Waals surface area (Å²) >= 11 is 0. The maximum Gasteiger partial charge on any atom is 0.418 e. The molecule has 1 N–H and O–H groups in total. The van der Waals surface area contributed by atoms with Gasteiger partial charge in [0.15, 0.2) is 0 Å². The highest BCUT2D eigenvalue weighted by atomic mass is 19.4. The van der Waals surface area contributed by atoms with Crippen molar-refractivity contribution in [3.8, 4) is 5.69 Å². The number of carbonyl (C=O) groups is 1. The Morgan fingerprint density at radius 1 is 1.00 bits per heavy atom. The van der Waals surface area contributed by atoms with Crippen LogP contribution in [0.4, 0.5) is 29.2 Å². The standard InChI is InChI=1S/C22H21F4N5O/c23-17-6-2-4-8-19(17)31-10-9-27-21(31)30-13-11-29(12-14-30)15-20(32)28-18-7-3-1-5-16(18)22(24,25)26/h1-10H,11-15H2,(H,28,32). The van der Waals surface area contributed by atoms with Gasteiger partial charge in [0.25, 0.3) is 0 Å². The average Bonchev–Trinajstić information content (AvgIpc) is 3.24. The van der Waals surface area contributed by atoms with Crippen molar-refractivity contribution in [2.45, 2.75) is 6.18 Å². The van der Waals surface area contributed by atoms with Crippen molar-refractivity contribution in [1.82, 2.24) is 14.5 Å². The summed E-state index contributed by atoms with van der Waals surface area (Å²) in [5, 5.41) is 2.37. The molecule has 0 saturated carbocycles. The van der Waals surface area contributed by atoms with Crippen LogP contribution in [0.3, 0.4) is 0 Å². The van der Waals surface area contributed by atoms with E-state index in [2.05, 4.69) is 10.3 Å². The van der Waals surface area contributed by atoms with Gasteiger partial charge in [0.2, 0.25) is 11.9 Å². The Kier molecular flexibility index (Phi) is 6.13. The van der Waals surface area contributed by atoms with Gasteiger partial charge >= 0.3 is 6.18 Å². The van der Waals surface area contributed by atoms with Crippen LogP contribution in [0.5, 0.6) is 0 Å². The summed E-state index contributed by atoms with van der Waals surface area (Å²) in [6.07, 6.45) is -1.26. The Bertz CT molecular complexity index is 1090. The molecule has 0 unspecified atom stereocenters. The first kappa shape index (κ1) is 21.8. The van der Waals surface area contributed by atoms with E-state index in [0.29, 0.717) is 37.8 Å². The van der Waals surface area contributed by atoms with Crippen LogP contribution in [0.2, 0.25) is 0 Å². The molecule has 6 nitrogen and oxygen atoms in total. The second kappa shape index (κ2) is 8.99. The van der Waals surface area contributed by atoms with Gasteiger partial charge in [-0.25, -0.2) is 9.37 Å². The maximum atomic E-state index is 14.2. The monoisotopic (exact) mass is 447 g/mol. The number of nitrogens with zero attached hydrogens (tertiary/aromatic N) is 4. The number of hydrogen-bond acceptors (Lipinski definition) is 4. The van der Waals surface area contributed by atoms with Crippen molar-refractivity contribution in [3.63, 3.8) is 0 Å². The molecule has 1 amide bonds. The summed E-state index contributed by atoms with van der Waals surface area (Å²) in [7, 11) is 0. The molecule has 1 aliphatic heterocycles. The molecule has 4 rings (SSSR count).